The first-order chi connectivity index (χ1) is 11.3. The lowest BCUT2D eigenvalue weighted by atomic mass is 9.82. The van der Waals surface area contributed by atoms with Crippen LogP contribution in [-0.2, 0) is 9.59 Å². The van der Waals surface area contributed by atoms with Crippen LogP contribution in [0.2, 0.25) is 0 Å². The Morgan fingerprint density at radius 1 is 1.42 bits per heavy atom. The first-order valence-electron chi connectivity index (χ1n) is 7.59. The molecule has 8 heteroatoms. The van der Waals surface area contributed by atoms with Crippen LogP contribution in [0.1, 0.15) is 30.1 Å². The highest BCUT2D eigenvalue weighted by molar-refractivity contribution is 9.10. The van der Waals surface area contributed by atoms with Crippen LogP contribution in [0.4, 0.5) is 5.69 Å². The van der Waals surface area contributed by atoms with Crippen LogP contribution >= 0.6 is 15.9 Å². The van der Waals surface area contributed by atoms with Gasteiger partial charge in [0, 0.05) is 17.6 Å². The van der Waals surface area contributed by atoms with Gasteiger partial charge in [-0.15, -0.1) is 0 Å². The number of carbonyl (C=O) groups is 3. The monoisotopic (exact) mass is 396 g/mol. The van der Waals surface area contributed by atoms with Gasteiger partial charge >= 0.3 is 5.97 Å². The number of fused-ring (bicyclic) bond motifs is 1. The maximum Gasteiger partial charge on any atom is 0.311 e. The van der Waals surface area contributed by atoms with Gasteiger partial charge < -0.3 is 20.1 Å². The number of nitrogens with one attached hydrogen (secondary N) is 1. The van der Waals surface area contributed by atoms with Gasteiger partial charge in [-0.2, -0.15) is 0 Å². The summed E-state index contributed by atoms with van der Waals surface area (Å²) in [5.41, 5.74) is -0.0396. The van der Waals surface area contributed by atoms with Crippen LogP contribution < -0.4 is 10.1 Å². The fourth-order valence-corrected chi connectivity index (χ4v) is 3.53. The standard InChI is InChI=1S/C16H17BrN2O5/c1-16(15(22)23)3-2-4-19(8-16)14(21)9-5-12-11(6-10(9)17)18-13(20)7-24-12/h5-6H,2-4,7-8H2,1H3,(H,18,20)(H,22,23). The second kappa shape index (κ2) is 6.08. The summed E-state index contributed by atoms with van der Waals surface area (Å²) >= 11 is 3.35. The van der Waals surface area contributed by atoms with E-state index in [1.807, 2.05) is 0 Å². The number of nitrogens with zero attached hydrogens (tertiary/aromatic N) is 1. The fraction of sp³-hybridized carbons (Fsp3) is 0.438. The molecule has 0 spiro atoms. The molecule has 2 aliphatic rings. The van der Waals surface area contributed by atoms with Crippen molar-refractivity contribution >= 4 is 39.4 Å². The van der Waals surface area contributed by atoms with E-state index in [1.165, 1.54) is 0 Å². The number of carboxylic acids is 1. The van der Waals surface area contributed by atoms with Crippen LogP contribution in [0.15, 0.2) is 16.6 Å². The van der Waals surface area contributed by atoms with Gasteiger partial charge in [-0.25, -0.2) is 0 Å². The summed E-state index contributed by atoms with van der Waals surface area (Å²) in [6.07, 6.45) is 1.19. The Kier molecular flexibility index (Phi) is 4.25. The van der Waals surface area contributed by atoms with Crippen molar-refractivity contribution in [1.82, 2.24) is 4.90 Å². The molecule has 0 aromatic heterocycles. The van der Waals surface area contributed by atoms with Gasteiger partial charge in [0.25, 0.3) is 11.8 Å². The molecule has 1 fully saturated rings. The molecular formula is C16H17BrN2O5. The quantitative estimate of drug-likeness (QED) is 0.797. The van der Waals surface area contributed by atoms with Crippen molar-refractivity contribution in [3.8, 4) is 5.75 Å². The molecule has 1 unspecified atom stereocenters. The molecule has 1 saturated heterocycles. The topological polar surface area (TPSA) is 95.9 Å². The minimum Gasteiger partial charge on any atom is -0.482 e. The molecule has 7 nitrogen and oxygen atoms in total. The zero-order valence-electron chi connectivity index (χ0n) is 13.1. The van der Waals surface area contributed by atoms with Crippen LogP contribution in [-0.4, -0.2) is 47.5 Å². The van der Waals surface area contributed by atoms with E-state index in [9.17, 15) is 19.5 Å². The smallest absolute Gasteiger partial charge is 0.311 e. The summed E-state index contributed by atoms with van der Waals surface area (Å²) in [5.74, 6) is -0.964. The van der Waals surface area contributed by atoms with Crippen molar-refractivity contribution in [3.63, 3.8) is 0 Å². The van der Waals surface area contributed by atoms with Gasteiger partial charge in [0.1, 0.15) is 5.75 Å². The van der Waals surface area contributed by atoms with E-state index in [-0.39, 0.29) is 25.0 Å². The number of anilines is 1. The molecule has 2 amide bonds. The number of carboxylic acid groups (broad SMARTS) is 1. The third kappa shape index (κ3) is 2.98. The molecule has 2 N–H and O–H groups in total. The van der Waals surface area contributed by atoms with E-state index in [0.29, 0.717) is 40.9 Å². The molecule has 2 aliphatic heterocycles. The van der Waals surface area contributed by atoms with E-state index >= 15 is 0 Å². The summed E-state index contributed by atoms with van der Waals surface area (Å²) < 4.78 is 5.88. The molecule has 1 aromatic rings. The van der Waals surface area contributed by atoms with Crippen molar-refractivity contribution < 1.29 is 24.2 Å². The second-order valence-electron chi connectivity index (χ2n) is 6.36. The van der Waals surface area contributed by atoms with E-state index in [2.05, 4.69) is 21.2 Å². The normalized spacial score (nSPS) is 23.1. The molecule has 128 valence electrons. The minimum absolute atomic E-state index is 0.0942. The van der Waals surface area contributed by atoms with E-state index in [0.717, 1.165) is 0 Å². The average Bonchev–Trinajstić information content (AvgIpc) is 2.53. The molecule has 0 radical (unpaired) electrons. The number of ether oxygens (including phenoxy) is 1. The zero-order valence-corrected chi connectivity index (χ0v) is 14.7. The first kappa shape index (κ1) is 16.8. The lowest BCUT2D eigenvalue weighted by molar-refractivity contribution is -0.150. The number of carbonyl (C=O) groups excluding carboxylic acids is 2. The summed E-state index contributed by atoms with van der Waals surface area (Å²) in [6.45, 7) is 2.25. The molecule has 2 heterocycles. The number of hydrogen-bond acceptors (Lipinski definition) is 4. The molecule has 3 rings (SSSR count). The van der Waals surface area contributed by atoms with Crippen molar-refractivity contribution in [2.45, 2.75) is 19.8 Å². The number of hydrogen-bond donors (Lipinski definition) is 2. The summed E-state index contributed by atoms with van der Waals surface area (Å²) in [5, 5.41) is 12.1. The number of amides is 2. The van der Waals surface area contributed by atoms with E-state index in [1.54, 1.807) is 24.0 Å². The molecule has 24 heavy (non-hydrogen) atoms. The Labute approximate surface area is 147 Å². The first-order valence-corrected chi connectivity index (χ1v) is 8.38. The van der Waals surface area contributed by atoms with Crippen LogP contribution in [0, 0.1) is 5.41 Å². The zero-order chi connectivity index (χ0) is 17.5. The highest BCUT2D eigenvalue weighted by Gasteiger charge is 2.40. The summed E-state index contributed by atoms with van der Waals surface area (Å²) in [4.78, 5) is 37.2. The number of aliphatic carboxylic acids is 1. The average molecular weight is 397 g/mol. The highest BCUT2D eigenvalue weighted by Crippen LogP contribution is 2.36. The Morgan fingerprint density at radius 2 is 2.17 bits per heavy atom. The van der Waals surface area contributed by atoms with Crippen molar-refractivity contribution in [2.75, 3.05) is 25.0 Å². The Balaban J connectivity index is 1.87. The largest absolute Gasteiger partial charge is 0.482 e. The van der Waals surface area contributed by atoms with E-state index in [4.69, 9.17) is 4.74 Å². The molecule has 1 aromatic carbocycles. The lowest BCUT2D eigenvalue weighted by Crippen LogP contribution is -2.48. The number of halogens is 1. The van der Waals surface area contributed by atoms with Gasteiger partial charge in [-0.05, 0) is 47.8 Å². The highest BCUT2D eigenvalue weighted by atomic mass is 79.9. The predicted octanol–water partition coefficient (Wildman–Crippen LogP) is 2.11. The van der Waals surface area contributed by atoms with Gasteiger partial charge in [-0.1, -0.05) is 0 Å². The number of benzene rings is 1. The molecule has 1 atom stereocenters. The van der Waals surface area contributed by atoms with Crippen LogP contribution in [0.25, 0.3) is 0 Å². The molecular weight excluding hydrogens is 380 g/mol. The molecule has 0 bridgehead atoms. The number of likely N-dealkylation sites (tertiary alicyclic amines) is 1. The van der Waals surface area contributed by atoms with Gasteiger partial charge in [-0.3, -0.25) is 14.4 Å². The molecule has 0 aliphatic carbocycles. The predicted molar refractivity (Wildman–Crippen MR) is 89.1 cm³/mol. The number of rotatable bonds is 2. The SMILES string of the molecule is CC1(C(=O)O)CCCN(C(=O)c2cc3c(cc2Br)NC(=O)CO3)C1. The maximum atomic E-state index is 12.8. The van der Waals surface area contributed by atoms with Crippen molar-refractivity contribution in [1.29, 1.82) is 0 Å². The lowest BCUT2D eigenvalue weighted by Gasteiger charge is -2.37. The summed E-state index contributed by atoms with van der Waals surface area (Å²) in [7, 11) is 0. The maximum absolute atomic E-state index is 12.8. The van der Waals surface area contributed by atoms with Gasteiger partial charge in [0.2, 0.25) is 0 Å². The van der Waals surface area contributed by atoms with Crippen molar-refractivity contribution in [3.05, 3.63) is 22.2 Å². The Bertz CT molecular complexity index is 735. The third-order valence-electron chi connectivity index (χ3n) is 4.43. The number of piperidine rings is 1. The second-order valence-corrected chi connectivity index (χ2v) is 7.22. The summed E-state index contributed by atoms with van der Waals surface area (Å²) in [6, 6.07) is 3.20. The third-order valence-corrected chi connectivity index (χ3v) is 5.09. The van der Waals surface area contributed by atoms with Crippen LogP contribution in [0.3, 0.4) is 0 Å². The Hall–Kier alpha value is -2.09. The van der Waals surface area contributed by atoms with Gasteiger partial charge in [0.15, 0.2) is 6.61 Å². The fourth-order valence-electron chi connectivity index (χ4n) is 3.02. The van der Waals surface area contributed by atoms with Crippen molar-refractivity contribution in [2.24, 2.45) is 5.41 Å². The van der Waals surface area contributed by atoms with Gasteiger partial charge in [0.05, 0.1) is 16.7 Å². The van der Waals surface area contributed by atoms with Crippen LogP contribution in [0.5, 0.6) is 5.75 Å². The van der Waals surface area contributed by atoms with E-state index < -0.39 is 11.4 Å². The minimum atomic E-state index is -0.931. The Morgan fingerprint density at radius 3 is 2.88 bits per heavy atom. The molecule has 0 saturated carbocycles.